The van der Waals surface area contributed by atoms with E-state index in [1.54, 1.807) is 12.1 Å². The zero-order valence-electron chi connectivity index (χ0n) is 10.2. The summed E-state index contributed by atoms with van der Waals surface area (Å²) in [7, 11) is 0. The number of aromatic carboxylic acids is 1. The molecule has 0 aliphatic carbocycles. The van der Waals surface area contributed by atoms with E-state index in [9.17, 15) is 4.79 Å². The monoisotopic (exact) mass is 221 g/mol. The molecule has 1 aromatic rings. The Bertz CT molecular complexity index is 404. The molecule has 1 atom stereocenters. The summed E-state index contributed by atoms with van der Waals surface area (Å²) in [5.74, 6) is -0.489. The van der Waals surface area contributed by atoms with Crippen molar-refractivity contribution in [3.8, 4) is 0 Å². The number of hydrogen-bond donors (Lipinski definition) is 1. The Hall–Kier alpha value is -1.51. The molecule has 1 rings (SSSR count). The number of rotatable bonds is 5. The molecule has 16 heavy (non-hydrogen) atoms. The zero-order valence-corrected chi connectivity index (χ0v) is 10.2. The van der Waals surface area contributed by atoms with Crippen LogP contribution in [0.5, 0.6) is 0 Å². The highest BCUT2D eigenvalue weighted by atomic mass is 16.4. The third-order valence-electron chi connectivity index (χ3n) is 3.06. The fourth-order valence-corrected chi connectivity index (χ4v) is 1.87. The Morgan fingerprint density at radius 2 is 2.31 bits per heavy atom. The van der Waals surface area contributed by atoms with Crippen LogP contribution in [0.2, 0.25) is 0 Å². The Labute approximate surface area is 96.4 Å². The summed E-state index contributed by atoms with van der Waals surface area (Å²) < 4.78 is 2.03. The maximum absolute atomic E-state index is 11.1. The minimum atomic E-state index is -0.857. The van der Waals surface area contributed by atoms with Crippen LogP contribution in [0.4, 0.5) is 0 Å². The number of nitrogens with zero attached hydrogens (tertiary/aromatic N) is 1. The largest absolute Gasteiger partial charge is 0.478 e. The van der Waals surface area contributed by atoms with Gasteiger partial charge in [0.25, 0.3) is 0 Å². The number of hydrogen-bond acceptors (Lipinski definition) is 1. The van der Waals surface area contributed by atoms with E-state index in [0.717, 1.165) is 17.8 Å². The molecule has 1 aromatic heterocycles. The lowest BCUT2D eigenvalue weighted by molar-refractivity contribution is 0.0696. The lowest BCUT2D eigenvalue weighted by Crippen LogP contribution is -2.06. The van der Waals surface area contributed by atoms with Crippen LogP contribution in [0.3, 0.4) is 0 Å². The minimum absolute atomic E-state index is 0.367. The average molecular weight is 221 g/mol. The van der Waals surface area contributed by atoms with Crippen molar-refractivity contribution in [1.29, 1.82) is 0 Å². The molecular weight excluding hydrogens is 202 g/mol. The van der Waals surface area contributed by atoms with E-state index >= 15 is 0 Å². The van der Waals surface area contributed by atoms with Gasteiger partial charge in [0, 0.05) is 17.9 Å². The Balaban J connectivity index is 3.29. The highest BCUT2D eigenvalue weighted by molar-refractivity contribution is 5.89. The first-order valence-corrected chi connectivity index (χ1v) is 5.57. The summed E-state index contributed by atoms with van der Waals surface area (Å²) in [6.07, 6.45) is 2.80. The van der Waals surface area contributed by atoms with Crippen molar-refractivity contribution in [2.75, 3.05) is 0 Å². The van der Waals surface area contributed by atoms with E-state index in [-0.39, 0.29) is 0 Å². The first-order valence-electron chi connectivity index (χ1n) is 5.57. The number of carbonyl (C=O) groups is 1. The Morgan fingerprint density at radius 3 is 2.75 bits per heavy atom. The van der Waals surface area contributed by atoms with Gasteiger partial charge >= 0.3 is 5.97 Å². The summed E-state index contributed by atoms with van der Waals surface area (Å²) in [4.78, 5) is 11.1. The van der Waals surface area contributed by atoms with Gasteiger partial charge in [-0.2, -0.15) is 0 Å². The molecular formula is C13H19NO2. The molecule has 0 radical (unpaired) electrons. The zero-order chi connectivity index (χ0) is 12.3. The SMILES string of the molecule is C=CCn1c(C(C)CC)cc(C(=O)O)c1C. The Kier molecular flexibility index (Phi) is 3.93. The maximum atomic E-state index is 11.1. The van der Waals surface area contributed by atoms with E-state index in [4.69, 9.17) is 5.11 Å². The molecule has 0 amide bonds. The standard InChI is InChI=1S/C13H19NO2/c1-5-7-14-10(4)11(13(15)16)8-12(14)9(3)6-2/h5,8-9H,1,6-7H2,2-4H3,(H,15,16). The van der Waals surface area contributed by atoms with Crippen molar-refractivity contribution in [1.82, 2.24) is 4.57 Å². The van der Waals surface area contributed by atoms with Gasteiger partial charge in [-0.3, -0.25) is 0 Å². The number of carboxylic acids is 1. The van der Waals surface area contributed by atoms with Crippen LogP contribution in [0.25, 0.3) is 0 Å². The van der Waals surface area contributed by atoms with E-state index in [1.807, 2.05) is 11.5 Å². The minimum Gasteiger partial charge on any atom is -0.478 e. The van der Waals surface area contributed by atoms with E-state index in [0.29, 0.717) is 18.0 Å². The molecule has 0 bridgehead atoms. The van der Waals surface area contributed by atoms with Crippen LogP contribution < -0.4 is 0 Å². The molecule has 0 saturated heterocycles. The van der Waals surface area contributed by atoms with Crippen molar-refractivity contribution in [2.24, 2.45) is 0 Å². The molecule has 0 spiro atoms. The van der Waals surface area contributed by atoms with Crippen molar-refractivity contribution >= 4 is 5.97 Å². The van der Waals surface area contributed by atoms with E-state index < -0.39 is 5.97 Å². The smallest absolute Gasteiger partial charge is 0.337 e. The summed E-state index contributed by atoms with van der Waals surface area (Å²) in [5.41, 5.74) is 2.29. The van der Waals surface area contributed by atoms with Gasteiger partial charge in [0.1, 0.15) is 0 Å². The third-order valence-corrected chi connectivity index (χ3v) is 3.06. The molecule has 0 aromatic carbocycles. The van der Waals surface area contributed by atoms with Gasteiger partial charge in [0.15, 0.2) is 0 Å². The number of carboxylic acid groups (broad SMARTS) is 1. The molecule has 1 unspecified atom stereocenters. The summed E-state index contributed by atoms with van der Waals surface area (Å²) in [6, 6.07) is 1.79. The van der Waals surface area contributed by atoms with Gasteiger partial charge in [-0.1, -0.05) is 19.9 Å². The fraction of sp³-hybridized carbons (Fsp3) is 0.462. The van der Waals surface area contributed by atoms with Crippen LogP contribution in [-0.2, 0) is 6.54 Å². The van der Waals surface area contributed by atoms with E-state index in [1.165, 1.54) is 0 Å². The van der Waals surface area contributed by atoms with Crippen LogP contribution in [0.1, 0.15) is 47.9 Å². The van der Waals surface area contributed by atoms with Crippen molar-refractivity contribution in [3.05, 3.63) is 35.7 Å². The van der Waals surface area contributed by atoms with Crippen LogP contribution >= 0.6 is 0 Å². The first-order chi connectivity index (χ1) is 7.52. The quantitative estimate of drug-likeness (QED) is 0.776. The van der Waals surface area contributed by atoms with Gasteiger partial charge in [-0.05, 0) is 25.3 Å². The molecule has 1 N–H and O–H groups in total. The van der Waals surface area contributed by atoms with Gasteiger partial charge in [0.2, 0.25) is 0 Å². The van der Waals surface area contributed by atoms with Gasteiger partial charge in [-0.25, -0.2) is 4.79 Å². The second-order valence-corrected chi connectivity index (χ2v) is 4.08. The van der Waals surface area contributed by atoms with Crippen molar-refractivity contribution in [3.63, 3.8) is 0 Å². The van der Waals surface area contributed by atoms with E-state index in [2.05, 4.69) is 20.4 Å². The highest BCUT2D eigenvalue weighted by Gasteiger charge is 2.18. The molecule has 3 heteroatoms. The summed E-state index contributed by atoms with van der Waals surface area (Å²) in [5, 5.41) is 9.09. The summed E-state index contributed by atoms with van der Waals surface area (Å²) >= 11 is 0. The number of allylic oxidation sites excluding steroid dienone is 1. The number of aromatic nitrogens is 1. The molecule has 0 saturated carbocycles. The maximum Gasteiger partial charge on any atom is 0.337 e. The third kappa shape index (κ3) is 2.18. The predicted molar refractivity (Wildman–Crippen MR) is 65.0 cm³/mol. The predicted octanol–water partition coefficient (Wildman–Crippen LogP) is 3.19. The van der Waals surface area contributed by atoms with Gasteiger partial charge in [-0.15, -0.1) is 6.58 Å². The molecule has 0 aliphatic rings. The van der Waals surface area contributed by atoms with Crippen LogP contribution in [-0.4, -0.2) is 15.6 Å². The lowest BCUT2D eigenvalue weighted by Gasteiger charge is -2.13. The summed E-state index contributed by atoms with van der Waals surface area (Å²) in [6.45, 7) is 10.4. The Morgan fingerprint density at radius 1 is 1.69 bits per heavy atom. The molecule has 0 aliphatic heterocycles. The second-order valence-electron chi connectivity index (χ2n) is 4.08. The molecule has 3 nitrogen and oxygen atoms in total. The first kappa shape index (κ1) is 12.6. The normalized spacial score (nSPS) is 12.4. The average Bonchev–Trinajstić information content (AvgIpc) is 2.57. The second kappa shape index (κ2) is 5.01. The highest BCUT2D eigenvalue weighted by Crippen LogP contribution is 2.25. The van der Waals surface area contributed by atoms with Gasteiger partial charge < -0.3 is 9.67 Å². The van der Waals surface area contributed by atoms with Crippen LogP contribution in [0, 0.1) is 6.92 Å². The van der Waals surface area contributed by atoms with Crippen LogP contribution in [0.15, 0.2) is 18.7 Å². The molecule has 88 valence electrons. The van der Waals surface area contributed by atoms with Gasteiger partial charge in [0.05, 0.1) is 5.56 Å². The lowest BCUT2D eigenvalue weighted by atomic mass is 10.0. The fourth-order valence-electron chi connectivity index (χ4n) is 1.87. The van der Waals surface area contributed by atoms with Crippen molar-refractivity contribution < 1.29 is 9.90 Å². The molecule has 1 heterocycles. The van der Waals surface area contributed by atoms with Crippen molar-refractivity contribution in [2.45, 2.75) is 39.7 Å². The topological polar surface area (TPSA) is 42.2 Å². The molecule has 0 fully saturated rings.